The number of benzene rings is 1. The first-order valence-electron chi connectivity index (χ1n) is 5.62. The highest BCUT2D eigenvalue weighted by molar-refractivity contribution is 6.33. The lowest BCUT2D eigenvalue weighted by Crippen LogP contribution is -2.39. The van der Waals surface area contributed by atoms with E-state index in [1.165, 1.54) is 5.56 Å². The summed E-state index contributed by atoms with van der Waals surface area (Å²) >= 11 is 6.00. The molecule has 0 saturated heterocycles. The van der Waals surface area contributed by atoms with E-state index in [1.807, 2.05) is 18.2 Å². The molecule has 0 atom stereocenters. The van der Waals surface area contributed by atoms with Crippen molar-refractivity contribution in [1.29, 1.82) is 0 Å². The average molecular weight is 241 g/mol. The predicted molar refractivity (Wildman–Crippen MR) is 71.7 cm³/mol. The number of nitrogens with zero attached hydrogens (tertiary/aromatic N) is 1. The second-order valence-corrected chi connectivity index (χ2v) is 5.29. The van der Waals surface area contributed by atoms with Crippen LogP contribution in [0.3, 0.4) is 0 Å². The van der Waals surface area contributed by atoms with Gasteiger partial charge in [-0.2, -0.15) is 0 Å². The van der Waals surface area contributed by atoms with Crippen LogP contribution in [0.1, 0.15) is 32.8 Å². The lowest BCUT2D eigenvalue weighted by Gasteiger charge is -2.34. The minimum atomic E-state index is 0.202. The summed E-state index contributed by atoms with van der Waals surface area (Å²) in [6, 6.07) is 5.84. The van der Waals surface area contributed by atoms with Gasteiger partial charge < -0.3 is 5.73 Å². The summed E-state index contributed by atoms with van der Waals surface area (Å²) in [5.74, 6) is 0. The molecule has 2 nitrogen and oxygen atoms in total. The summed E-state index contributed by atoms with van der Waals surface area (Å²) in [6.07, 6.45) is 1.12. The average Bonchev–Trinajstić information content (AvgIpc) is 2.23. The van der Waals surface area contributed by atoms with E-state index in [4.69, 9.17) is 17.3 Å². The van der Waals surface area contributed by atoms with Gasteiger partial charge in [0.05, 0.1) is 10.7 Å². The molecule has 0 unspecified atom stereocenters. The predicted octanol–water partition coefficient (Wildman–Crippen LogP) is 3.54. The van der Waals surface area contributed by atoms with Crippen molar-refractivity contribution in [1.82, 2.24) is 4.90 Å². The maximum Gasteiger partial charge on any atom is 0.0638 e. The number of nitrogens with two attached hydrogens (primary N) is 1. The monoisotopic (exact) mass is 240 g/mol. The Morgan fingerprint density at radius 1 is 1.38 bits per heavy atom. The highest BCUT2D eigenvalue weighted by atomic mass is 35.5. The van der Waals surface area contributed by atoms with Gasteiger partial charge in [0.2, 0.25) is 0 Å². The van der Waals surface area contributed by atoms with E-state index in [0.717, 1.165) is 13.0 Å². The Kier molecular flexibility index (Phi) is 4.22. The molecule has 0 bridgehead atoms. The second kappa shape index (κ2) is 5.07. The first-order chi connectivity index (χ1) is 7.36. The fourth-order valence-electron chi connectivity index (χ4n) is 1.43. The zero-order valence-electron chi connectivity index (χ0n) is 10.5. The van der Waals surface area contributed by atoms with Crippen molar-refractivity contribution in [2.24, 2.45) is 0 Å². The van der Waals surface area contributed by atoms with E-state index in [2.05, 4.69) is 32.7 Å². The maximum atomic E-state index is 6.00. The van der Waals surface area contributed by atoms with E-state index in [1.54, 1.807) is 0 Å². The molecule has 0 saturated carbocycles. The van der Waals surface area contributed by atoms with Crippen LogP contribution in [0.2, 0.25) is 5.02 Å². The topological polar surface area (TPSA) is 29.3 Å². The number of rotatable bonds is 4. The molecule has 0 spiro atoms. The van der Waals surface area contributed by atoms with Crippen molar-refractivity contribution in [3.8, 4) is 0 Å². The third-order valence-electron chi connectivity index (χ3n) is 3.38. The molecule has 0 aliphatic rings. The van der Waals surface area contributed by atoms with Crippen LogP contribution in [0.4, 0.5) is 5.69 Å². The molecule has 1 rings (SSSR count). The van der Waals surface area contributed by atoms with E-state index in [9.17, 15) is 0 Å². The van der Waals surface area contributed by atoms with Crippen molar-refractivity contribution >= 4 is 17.3 Å². The van der Waals surface area contributed by atoms with Gasteiger partial charge in [-0.3, -0.25) is 4.90 Å². The summed E-state index contributed by atoms with van der Waals surface area (Å²) in [7, 11) is 2.13. The molecule has 0 aromatic heterocycles. The van der Waals surface area contributed by atoms with Crippen LogP contribution in [0.15, 0.2) is 18.2 Å². The minimum Gasteiger partial charge on any atom is -0.398 e. The highest BCUT2D eigenvalue weighted by Gasteiger charge is 2.20. The van der Waals surface area contributed by atoms with Crippen LogP contribution in [0.5, 0.6) is 0 Å². The van der Waals surface area contributed by atoms with Gasteiger partial charge in [0.1, 0.15) is 0 Å². The zero-order chi connectivity index (χ0) is 12.3. The Morgan fingerprint density at radius 2 is 2.00 bits per heavy atom. The highest BCUT2D eigenvalue weighted by Crippen LogP contribution is 2.23. The van der Waals surface area contributed by atoms with Gasteiger partial charge in [0.15, 0.2) is 0 Å². The van der Waals surface area contributed by atoms with Crippen molar-refractivity contribution < 1.29 is 0 Å². The minimum absolute atomic E-state index is 0.202. The van der Waals surface area contributed by atoms with Gasteiger partial charge >= 0.3 is 0 Å². The molecule has 2 N–H and O–H groups in total. The molecule has 0 fully saturated rings. The Morgan fingerprint density at radius 3 is 2.50 bits per heavy atom. The third-order valence-corrected chi connectivity index (χ3v) is 3.71. The standard InChI is InChI=1S/C13H21ClN2/c1-5-13(2,3)16(4)9-10-6-7-12(15)11(14)8-10/h6-8H,5,9,15H2,1-4H3. The first kappa shape index (κ1) is 13.3. The number of anilines is 1. The summed E-state index contributed by atoms with van der Waals surface area (Å²) in [5.41, 5.74) is 7.73. The molecule has 0 aliphatic heterocycles. The normalized spacial score (nSPS) is 12.1. The molecular weight excluding hydrogens is 220 g/mol. The van der Waals surface area contributed by atoms with Crippen LogP contribution in [-0.2, 0) is 6.54 Å². The van der Waals surface area contributed by atoms with E-state index in [-0.39, 0.29) is 5.54 Å². The molecule has 3 heteroatoms. The van der Waals surface area contributed by atoms with Crippen molar-refractivity contribution in [3.63, 3.8) is 0 Å². The fraction of sp³-hybridized carbons (Fsp3) is 0.538. The Hall–Kier alpha value is -0.730. The van der Waals surface area contributed by atoms with Crippen molar-refractivity contribution in [2.45, 2.75) is 39.3 Å². The van der Waals surface area contributed by atoms with Gasteiger partial charge in [0, 0.05) is 12.1 Å². The van der Waals surface area contributed by atoms with Crippen molar-refractivity contribution in [2.75, 3.05) is 12.8 Å². The molecule has 90 valence electrons. The van der Waals surface area contributed by atoms with Gasteiger partial charge in [-0.25, -0.2) is 0 Å². The molecule has 0 amide bonds. The smallest absolute Gasteiger partial charge is 0.0638 e. The molecule has 1 aromatic rings. The van der Waals surface area contributed by atoms with E-state index in [0.29, 0.717) is 10.7 Å². The lowest BCUT2D eigenvalue weighted by atomic mass is 9.99. The largest absolute Gasteiger partial charge is 0.398 e. The molecule has 0 aliphatic carbocycles. The van der Waals surface area contributed by atoms with Gasteiger partial charge in [-0.15, -0.1) is 0 Å². The molecule has 1 aromatic carbocycles. The van der Waals surface area contributed by atoms with Crippen LogP contribution in [0, 0.1) is 0 Å². The van der Waals surface area contributed by atoms with Crippen molar-refractivity contribution in [3.05, 3.63) is 28.8 Å². The van der Waals surface area contributed by atoms with Crippen LogP contribution >= 0.6 is 11.6 Å². The molecular formula is C13H21ClN2. The molecule has 0 heterocycles. The van der Waals surface area contributed by atoms with Gasteiger partial charge in [-0.1, -0.05) is 24.6 Å². The zero-order valence-corrected chi connectivity index (χ0v) is 11.3. The summed E-state index contributed by atoms with van der Waals surface area (Å²) in [5, 5.41) is 0.639. The number of nitrogen functional groups attached to an aromatic ring is 1. The van der Waals surface area contributed by atoms with E-state index >= 15 is 0 Å². The summed E-state index contributed by atoms with van der Waals surface area (Å²) < 4.78 is 0. The Balaban J connectivity index is 2.77. The maximum absolute atomic E-state index is 6.00. The molecule has 16 heavy (non-hydrogen) atoms. The SMILES string of the molecule is CCC(C)(C)N(C)Cc1ccc(N)c(Cl)c1. The summed E-state index contributed by atoms with van der Waals surface area (Å²) in [6.45, 7) is 7.57. The fourth-order valence-corrected chi connectivity index (χ4v) is 1.63. The lowest BCUT2D eigenvalue weighted by molar-refractivity contribution is 0.143. The second-order valence-electron chi connectivity index (χ2n) is 4.88. The number of hydrogen-bond donors (Lipinski definition) is 1. The quantitative estimate of drug-likeness (QED) is 0.816. The molecule has 0 radical (unpaired) electrons. The summed E-state index contributed by atoms with van der Waals surface area (Å²) in [4.78, 5) is 2.33. The van der Waals surface area contributed by atoms with E-state index < -0.39 is 0 Å². The van der Waals surface area contributed by atoms with Crippen LogP contribution in [-0.4, -0.2) is 17.5 Å². The van der Waals surface area contributed by atoms with Crippen LogP contribution in [0.25, 0.3) is 0 Å². The van der Waals surface area contributed by atoms with Crippen LogP contribution < -0.4 is 5.73 Å². The number of halogens is 1. The Labute approximate surface area is 103 Å². The Bertz CT molecular complexity index is 361. The number of hydrogen-bond acceptors (Lipinski definition) is 2. The first-order valence-corrected chi connectivity index (χ1v) is 5.99. The third kappa shape index (κ3) is 3.13. The van der Waals surface area contributed by atoms with Gasteiger partial charge in [0.25, 0.3) is 0 Å². The van der Waals surface area contributed by atoms with Gasteiger partial charge in [-0.05, 0) is 45.0 Å².